The predicted octanol–water partition coefficient (Wildman–Crippen LogP) is 1.99. The van der Waals surface area contributed by atoms with E-state index in [-0.39, 0.29) is 10.9 Å². The first kappa shape index (κ1) is 16.6. The van der Waals surface area contributed by atoms with E-state index in [9.17, 15) is 4.79 Å². The van der Waals surface area contributed by atoms with Crippen LogP contribution in [0.1, 0.15) is 31.2 Å². The van der Waals surface area contributed by atoms with Crippen LogP contribution in [-0.2, 0) is 9.53 Å². The van der Waals surface area contributed by atoms with Gasteiger partial charge in [-0.1, -0.05) is 55.9 Å². The van der Waals surface area contributed by atoms with Gasteiger partial charge >= 0.3 is 0 Å². The zero-order chi connectivity index (χ0) is 14.8. The Morgan fingerprint density at radius 1 is 1.35 bits per heavy atom. The maximum absolute atomic E-state index is 12.1. The number of unbranched alkanes of at least 4 members (excludes halogenated alkanes) is 1. The Kier molecular flexibility index (Phi) is 7.84. The zero-order valence-corrected chi connectivity index (χ0v) is 12.6. The lowest BCUT2D eigenvalue weighted by Gasteiger charge is -2.16. The highest BCUT2D eigenvalue weighted by atomic mass is 32.1. The van der Waals surface area contributed by atoms with Gasteiger partial charge in [0.25, 0.3) is 0 Å². The van der Waals surface area contributed by atoms with Gasteiger partial charge in [0.2, 0.25) is 5.91 Å². The van der Waals surface area contributed by atoms with E-state index in [1.807, 2.05) is 30.3 Å². The summed E-state index contributed by atoms with van der Waals surface area (Å²) in [6, 6.07) is 9.31. The van der Waals surface area contributed by atoms with Crippen LogP contribution in [0.25, 0.3) is 0 Å². The minimum Gasteiger partial charge on any atom is -0.392 e. The molecule has 0 saturated carbocycles. The summed E-state index contributed by atoms with van der Waals surface area (Å²) in [5, 5.41) is 2.81. The average molecular weight is 294 g/mol. The summed E-state index contributed by atoms with van der Waals surface area (Å²) in [5.74, 6) is -0.760. The molecule has 0 radical (unpaired) electrons. The molecule has 0 heterocycles. The third-order valence-electron chi connectivity index (χ3n) is 2.87. The van der Waals surface area contributed by atoms with Crippen molar-refractivity contribution in [3.8, 4) is 0 Å². The van der Waals surface area contributed by atoms with E-state index in [1.165, 1.54) is 0 Å². The summed E-state index contributed by atoms with van der Waals surface area (Å²) in [5.41, 5.74) is 6.49. The summed E-state index contributed by atoms with van der Waals surface area (Å²) in [4.78, 5) is 12.3. The molecule has 1 amide bonds. The Morgan fingerprint density at radius 2 is 2.05 bits per heavy atom. The van der Waals surface area contributed by atoms with Crippen LogP contribution in [0.3, 0.4) is 0 Å². The number of nitrogens with one attached hydrogen (secondary N) is 1. The Labute approximate surface area is 125 Å². The van der Waals surface area contributed by atoms with Crippen LogP contribution >= 0.6 is 12.2 Å². The van der Waals surface area contributed by atoms with Gasteiger partial charge in [0, 0.05) is 13.2 Å². The maximum atomic E-state index is 12.1. The second-order valence-electron chi connectivity index (χ2n) is 4.50. The average Bonchev–Trinajstić information content (AvgIpc) is 2.43. The van der Waals surface area contributed by atoms with E-state index in [0.717, 1.165) is 25.0 Å². The third kappa shape index (κ3) is 5.67. The molecule has 0 saturated heterocycles. The standard InChI is InChI=1S/C15H22N2O2S/c1-2-3-10-19-11-9-17-15(18)13(14(16)20)12-7-5-4-6-8-12/h4-8,13H,2-3,9-11H2,1H3,(H2,16,20)(H,17,18). The number of carbonyl (C=O) groups is 1. The van der Waals surface area contributed by atoms with Crippen molar-refractivity contribution in [2.45, 2.75) is 25.7 Å². The topological polar surface area (TPSA) is 64.3 Å². The first-order valence-corrected chi connectivity index (χ1v) is 7.27. The highest BCUT2D eigenvalue weighted by Gasteiger charge is 2.22. The Morgan fingerprint density at radius 3 is 2.65 bits per heavy atom. The van der Waals surface area contributed by atoms with Crippen molar-refractivity contribution in [3.63, 3.8) is 0 Å². The van der Waals surface area contributed by atoms with Gasteiger partial charge in [0.1, 0.15) is 5.92 Å². The molecule has 110 valence electrons. The molecule has 3 N–H and O–H groups in total. The van der Waals surface area contributed by atoms with E-state index in [4.69, 9.17) is 22.7 Å². The van der Waals surface area contributed by atoms with E-state index in [0.29, 0.717) is 13.2 Å². The zero-order valence-electron chi connectivity index (χ0n) is 11.8. The number of nitrogens with two attached hydrogens (primary N) is 1. The van der Waals surface area contributed by atoms with Gasteiger partial charge in [-0.15, -0.1) is 0 Å². The van der Waals surface area contributed by atoms with Crippen LogP contribution in [0.4, 0.5) is 0 Å². The van der Waals surface area contributed by atoms with Crippen molar-refractivity contribution >= 4 is 23.1 Å². The first-order chi connectivity index (χ1) is 9.66. The van der Waals surface area contributed by atoms with Crippen LogP contribution < -0.4 is 11.1 Å². The molecule has 20 heavy (non-hydrogen) atoms. The van der Waals surface area contributed by atoms with Crippen LogP contribution in [0, 0.1) is 0 Å². The SMILES string of the molecule is CCCCOCCNC(=O)C(C(N)=S)c1ccccc1. The monoisotopic (exact) mass is 294 g/mol. The predicted molar refractivity (Wildman–Crippen MR) is 84.7 cm³/mol. The normalized spacial score (nSPS) is 11.8. The molecule has 0 fully saturated rings. The largest absolute Gasteiger partial charge is 0.392 e. The lowest BCUT2D eigenvalue weighted by Crippen LogP contribution is -2.37. The first-order valence-electron chi connectivity index (χ1n) is 6.86. The number of hydrogen-bond acceptors (Lipinski definition) is 3. The highest BCUT2D eigenvalue weighted by molar-refractivity contribution is 7.80. The number of thiocarbonyl (C=S) groups is 1. The van der Waals surface area contributed by atoms with Crippen LogP contribution in [0.5, 0.6) is 0 Å². The van der Waals surface area contributed by atoms with Crippen molar-refractivity contribution in [2.75, 3.05) is 19.8 Å². The van der Waals surface area contributed by atoms with Gasteiger partial charge in [0.05, 0.1) is 11.6 Å². The number of rotatable bonds is 9. The molecule has 0 aliphatic heterocycles. The molecule has 1 aromatic rings. The second-order valence-corrected chi connectivity index (χ2v) is 4.97. The van der Waals surface area contributed by atoms with Gasteiger partial charge in [0.15, 0.2) is 0 Å². The Hall–Kier alpha value is -1.46. The molecule has 5 heteroatoms. The fraction of sp³-hybridized carbons (Fsp3) is 0.467. The van der Waals surface area contributed by atoms with E-state index in [1.54, 1.807) is 0 Å². The van der Waals surface area contributed by atoms with E-state index >= 15 is 0 Å². The molecule has 0 bridgehead atoms. The Balaban J connectivity index is 2.44. The van der Waals surface area contributed by atoms with Crippen molar-refractivity contribution in [3.05, 3.63) is 35.9 Å². The quantitative estimate of drug-likeness (QED) is 0.540. The molecule has 1 unspecified atom stereocenters. The number of amides is 1. The van der Waals surface area contributed by atoms with Gasteiger partial charge in [-0.2, -0.15) is 0 Å². The maximum Gasteiger partial charge on any atom is 0.234 e. The third-order valence-corrected chi connectivity index (χ3v) is 3.10. The van der Waals surface area contributed by atoms with Gasteiger partial charge in [-0.05, 0) is 12.0 Å². The summed E-state index contributed by atoms with van der Waals surface area (Å²) in [7, 11) is 0. The molecule has 0 spiro atoms. The van der Waals surface area contributed by atoms with Crippen molar-refractivity contribution < 1.29 is 9.53 Å². The van der Waals surface area contributed by atoms with E-state index < -0.39 is 5.92 Å². The highest BCUT2D eigenvalue weighted by Crippen LogP contribution is 2.15. The smallest absolute Gasteiger partial charge is 0.234 e. The van der Waals surface area contributed by atoms with Crippen molar-refractivity contribution in [1.82, 2.24) is 5.32 Å². The molecular weight excluding hydrogens is 272 g/mol. The Bertz CT molecular complexity index is 423. The molecule has 0 aliphatic rings. The fourth-order valence-electron chi connectivity index (χ4n) is 1.79. The van der Waals surface area contributed by atoms with E-state index in [2.05, 4.69) is 12.2 Å². The number of ether oxygens (including phenoxy) is 1. The van der Waals surface area contributed by atoms with Gasteiger partial charge < -0.3 is 15.8 Å². The molecule has 4 nitrogen and oxygen atoms in total. The molecular formula is C15H22N2O2S. The minimum absolute atomic E-state index is 0.178. The fourth-order valence-corrected chi connectivity index (χ4v) is 2.03. The number of carbonyl (C=O) groups excluding carboxylic acids is 1. The number of benzene rings is 1. The summed E-state index contributed by atoms with van der Waals surface area (Å²) >= 11 is 5.00. The summed E-state index contributed by atoms with van der Waals surface area (Å²) in [6.45, 7) is 3.81. The van der Waals surface area contributed by atoms with Gasteiger partial charge in [-0.25, -0.2) is 0 Å². The molecule has 1 atom stereocenters. The molecule has 1 aromatic carbocycles. The molecule has 0 aromatic heterocycles. The summed E-state index contributed by atoms with van der Waals surface area (Å²) in [6.07, 6.45) is 2.14. The van der Waals surface area contributed by atoms with Crippen molar-refractivity contribution in [1.29, 1.82) is 0 Å². The van der Waals surface area contributed by atoms with Gasteiger partial charge in [-0.3, -0.25) is 4.79 Å². The van der Waals surface area contributed by atoms with Crippen LogP contribution in [0.2, 0.25) is 0 Å². The number of hydrogen-bond donors (Lipinski definition) is 2. The molecule has 1 rings (SSSR count). The lowest BCUT2D eigenvalue weighted by atomic mass is 9.98. The minimum atomic E-state index is -0.582. The van der Waals surface area contributed by atoms with Crippen molar-refractivity contribution in [2.24, 2.45) is 5.73 Å². The summed E-state index contributed by atoms with van der Waals surface area (Å²) < 4.78 is 5.39. The lowest BCUT2D eigenvalue weighted by molar-refractivity contribution is -0.121. The van der Waals surface area contributed by atoms with Crippen LogP contribution in [-0.4, -0.2) is 30.7 Å². The van der Waals surface area contributed by atoms with Crippen LogP contribution in [0.15, 0.2) is 30.3 Å². The molecule has 0 aliphatic carbocycles. The second kappa shape index (κ2) is 9.44.